The van der Waals surface area contributed by atoms with Crippen molar-refractivity contribution < 1.29 is 13.2 Å². The van der Waals surface area contributed by atoms with Crippen LogP contribution in [0.2, 0.25) is 0 Å². The molecule has 1 saturated heterocycles. The van der Waals surface area contributed by atoms with Gasteiger partial charge in [0.15, 0.2) is 5.11 Å². The minimum Gasteiger partial charge on any atom is -0.360 e. The first-order valence-electron chi connectivity index (χ1n) is 7.69. The van der Waals surface area contributed by atoms with E-state index in [9.17, 15) is 13.2 Å². The highest BCUT2D eigenvalue weighted by atomic mass is 32.1. The van der Waals surface area contributed by atoms with Crippen molar-refractivity contribution in [3.63, 3.8) is 0 Å². The van der Waals surface area contributed by atoms with Gasteiger partial charge in [-0.15, -0.1) is 0 Å². The molecule has 1 aromatic rings. The first-order chi connectivity index (χ1) is 10.8. The average molecular weight is 345 g/mol. The van der Waals surface area contributed by atoms with Gasteiger partial charge in [0.25, 0.3) is 0 Å². The van der Waals surface area contributed by atoms with Crippen LogP contribution in [-0.4, -0.2) is 47.1 Å². The normalized spacial score (nSPS) is 16.7. The van der Waals surface area contributed by atoms with Gasteiger partial charge >= 0.3 is 6.18 Å². The van der Waals surface area contributed by atoms with E-state index >= 15 is 0 Å². The molecule has 128 valence electrons. The second-order valence-electron chi connectivity index (χ2n) is 6.07. The zero-order valence-corrected chi connectivity index (χ0v) is 14.2. The molecule has 0 aliphatic carbocycles. The van der Waals surface area contributed by atoms with Crippen molar-refractivity contribution in [2.24, 2.45) is 0 Å². The third kappa shape index (κ3) is 5.35. The maximum absolute atomic E-state index is 12.7. The molecule has 1 heterocycles. The molecule has 1 aliphatic heterocycles. The number of nitrogens with zero attached hydrogens (tertiary/aromatic N) is 2. The molecule has 1 aromatic carbocycles. The van der Waals surface area contributed by atoms with Gasteiger partial charge < -0.3 is 10.2 Å². The van der Waals surface area contributed by atoms with Crippen LogP contribution >= 0.6 is 12.2 Å². The quantitative estimate of drug-likeness (QED) is 0.848. The smallest absolute Gasteiger partial charge is 0.360 e. The average Bonchev–Trinajstić information content (AvgIpc) is 2.46. The topological polar surface area (TPSA) is 18.5 Å². The van der Waals surface area contributed by atoms with E-state index in [1.165, 1.54) is 12.1 Å². The van der Waals surface area contributed by atoms with Crippen molar-refractivity contribution >= 4 is 17.3 Å². The largest absolute Gasteiger partial charge is 0.416 e. The Labute approximate surface area is 140 Å². The molecular formula is C16H22F3N3S. The molecule has 23 heavy (non-hydrogen) atoms. The van der Waals surface area contributed by atoms with Crippen LogP contribution in [0.5, 0.6) is 0 Å². The Kier molecular flexibility index (Phi) is 5.86. The molecule has 0 unspecified atom stereocenters. The molecule has 0 bridgehead atoms. The number of rotatable bonds is 3. The molecule has 0 saturated carbocycles. The van der Waals surface area contributed by atoms with Crippen molar-refractivity contribution in [1.29, 1.82) is 0 Å². The molecule has 3 nitrogen and oxygen atoms in total. The van der Waals surface area contributed by atoms with Crippen molar-refractivity contribution in [3.05, 3.63) is 35.4 Å². The standard InChI is InChI=1S/C16H22F3N3S/c1-12(2)20-15(23)22-8-6-21(7-9-22)11-13-4-3-5-14(10-13)16(17,18)19/h3-5,10,12H,6-9,11H2,1-2H3,(H,20,23). The highest BCUT2D eigenvalue weighted by Gasteiger charge is 2.30. The van der Waals surface area contributed by atoms with Gasteiger partial charge in [0.2, 0.25) is 0 Å². The number of hydrogen-bond acceptors (Lipinski definition) is 2. The lowest BCUT2D eigenvalue weighted by Gasteiger charge is -2.36. The Morgan fingerprint density at radius 2 is 1.87 bits per heavy atom. The highest BCUT2D eigenvalue weighted by Crippen LogP contribution is 2.29. The fourth-order valence-corrected chi connectivity index (χ4v) is 2.97. The van der Waals surface area contributed by atoms with Gasteiger partial charge in [0.05, 0.1) is 5.56 Å². The Morgan fingerprint density at radius 3 is 2.43 bits per heavy atom. The summed E-state index contributed by atoms with van der Waals surface area (Å²) >= 11 is 5.35. The van der Waals surface area contributed by atoms with Gasteiger partial charge in [0.1, 0.15) is 0 Å². The van der Waals surface area contributed by atoms with Gasteiger partial charge in [-0.2, -0.15) is 13.2 Å². The minimum atomic E-state index is -4.29. The van der Waals surface area contributed by atoms with Crippen molar-refractivity contribution in [3.8, 4) is 0 Å². The van der Waals surface area contributed by atoms with Crippen LogP contribution in [0, 0.1) is 0 Å². The number of piperazine rings is 1. The predicted molar refractivity (Wildman–Crippen MR) is 89.2 cm³/mol. The zero-order chi connectivity index (χ0) is 17.0. The van der Waals surface area contributed by atoms with Gasteiger partial charge in [-0.05, 0) is 37.7 Å². The summed E-state index contributed by atoms with van der Waals surface area (Å²) < 4.78 is 38.2. The Morgan fingerprint density at radius 1 is 1.22 bits per heavy atom. The highest BCUT2D eigenvalue weighted by molar-refractivity contribution is 7.80. The molecule has 1 N–H and O–H groups in total. The van der Waals surface area contributed by atoms with Crippen LogP contribution < -0.4 is 5.32 Å². The fourth-order valence-electron chi connectivity index (χ4n) is 2.55. The number of benzene rings is 1. The molecule has 0 radical (unpaired) electrons. The molecule has 0 spiro atoms. The monoisotopic (exact) mass is 345 g/mol. The van der Waals surface area contributed by atoms with E-state index in [0.29, 0.717) is 18.2 Å². The summed E-state index contributed by atoms with van der Waals surface area (Å²) in [4.78, 5) is 4.27. The van der Waals surface area contributed by atoms with E-state index in [1.54, 1.807) is 6.07 Å². The molecule has 0 atom stereocenters. The first kappa shape index (κ1) is 18.0. The summed E-state index contributed by atoms with van der Waals surface area (Å²) in [5.41, 5.74) is 0.104. The second-order valence-corrected chi connectivity index (χ2v) is 6.45. The summed E-state index contributed by atoms with van der Waals surface area (Å²) in [5, 5.41) is 3.96. The van der Waals surface area contributed by atoms with Crippen molar-refractivity contribution in [2.45, 2.75) is 32.6 Å². The molecule has 1 aliphatic rings. The van der Waals surface area contributed by atoms with E-state index < -0.39 is 11.7 Å². The Hall–Kier alpha value is -1.34. The van der Waals surface area contributed by atoms with Crippen LogP contribution in [0.15, 0.2) is 24.3 Å². The van der Waals surface area contributed by atoms with E-state index in [1.807, 2.05) is 13.8 Å². The number of thiocarbonyl (C=S) groups is 1. The molecule has 0 amide bonds. The number of halogens is 3. The maximum Gasteiger partial charge on any atom is 0.416 e. The molecule has 1 fully saturated rings. The van der Waals surface area contributed by atoms with E-state index in [0.717, 1.165) is 37.4 Å². The minimum absolute atomic E-state index is 0.297. The van der Waals surface area contributed by atoms with Gasteiger partial charge in [-0.3, -0.25) is 4.90 Å². The van der Waals surface area contributed by atoms with E-state index in [-0.39, 0.29) is 0 Å². The number of alkyl halides is 3. The molecular weight excluding hydrogens is 323 g/mol. The van der Waals surface area contributed by atoms with Crippen molar-refractivity contribution in [2.75, 3.05) is 26.2 Å². The molecule has 0 aromatic heterocycles. The predicted octanol–water partition coefficient (Wildman–Crippen LogP) is 3.11. The van der Waals surface area contributed by atoms with E-state index in [4.69, 9.17) is 12.2 Å². The van der Waals surface area contributed by atoms with Gasteiger partial charge in [-0.1, -0.05) is 18.2 Å². The summed E-state index contributed by atoms with van der Waals surface area (Å²) in [5.74, 6) is 0. The van der Waals surface area contributed by atoms with E-state index in [2.05, 4.69) is 15.1 Å². The first-order valence-corrected chi connectivity index (χ1v) is 8.10. The number of hydrogen-bond donors (Lipinski definition) is 1. The molecule has 7 heteroatoms. The zero-order valence-electron chi connectivity index (χ0n) is 13.4. The summed E-state index contributed by atoms with van der Waals surface area (Å²) in [6, 6.07) is 5.85. The van der Waals surface area contributed by atoms with Crippen LogP contribution in [-0.2, 0) is 12.7 Å². The lowest BCUT2D eigenvalue weighted by molar-refractivity contribution is -0.137. The summed E-state index contributed by atoms with van der Waals surface area (Å²) in [6.45, 7) is 7.76. The van der Waals surface area contributed by atoms with Crippen LogP contribution in [0.3, 0.4) is 0 Å². The van der Waals surface area contributed by atoms with Crippen molar-refractivity contribution in [1.82, 2.24) is 15.1 Å². The van der Waals surface area contributed by atoms with Crippen LogP contribution in [0.4, 0.5) is 13.2 Å². The lowest BCUT2D eigenvalue weighted by Crippen LogP contribution is -2.52. The fraction of sp³-hybridized carbons (Fsp3) is 0.562. The van der Waals surface area contributed by atoms with Crippen LogP contribution in [0.25, 0.3) is 0 Å². The second kappa shape index (κ2) is 7.49. The summed E-state index contributed by atoms with van der Waals surface area (Å²) in [7, 11) is 0. The van der Waals surface area contributed by atoms with Crippen LogP contribution in [0.1, 0.15) is 25.0 Å². The SMILES string of the molecule is CC(C)NC(=S)N1CCN(Cc2cccc(C(F)(F)F)c2)CC1. The number of nitrogens with one attached hydrogen (secondary N) is 1. The summed E-state index contributed by atoms with van der Waals surface area (Å²) in [6.07, 6.45) is -4.29. The van der Waals surface area contributed by atoms with Gasteiger partial charge in [0, 0.05) is 38.8 Å². The van der Waals surface area contributed by atoms with Gasteiger partial charge in [-0.25, -0.2) is 0 Å². The lowest BCUT2D eigenvalue weighted by atomic mass is 10.1. The third-order valence-corrected chi connectivity index (χ3v) is 4.11. The Bertz CT molecular complexity index is 538. The Balaban J connectivity index is 1.88. The molecule has 2 rings (SSSR count). The maximum atomic E-state index is 12.7. The third-order valence-electron chi connectivity index (χ3n) is 3.73.